The predicted molar refractivity (Wildman–Crippen MR) is 51.7 cm³/mol. The quantitative estimate of drug-likeness (QED) is 0.748. The molecule has 0 atom stereocenters. The molecule has 1 N–H and O–H groups in total. The summed E-state index contributed by atoms with van der Waals surface area (Å²) in [5.74, 6) is -0.239. The highest BCUT2D eigenvalue weighted by Gasteiger charge is 2.08. The highest BCUT2D eigenvalue weighted by atomic mass is 16.5. The van der Waals surface area contributed by atoms with Crippen LogP contribution in [-0.4, -0.2) is 18.2 Å². The number of methoxy groups -OCH3 is 1. The molecule has 0 fully saturated rings. The van der Waals surface area contributed by atoms with Gasteiger partial charge in [0.2, 0.25) is 0 Å². The van der Waals surface area contributed by atoms with Gasteiger partial charge in [0.15, 0.2) is 0 Å². The summed E-state index contributed by atoms with van der Waals surface area (Å²) in [6.07, 6.45) is 0.345. The normalized spacial score (nSPS) is 10.0. The molecule has 0 radical (unpaired) electrons. The first-order valence-corrected chi connectivity index (χ1v) is 4.44. The van der Waals surface area contributed by atoms with E-state index in [1.54, 1.807) is 0 Å². The summed E-state index contributed by atoms with van der Waals surface area (Å²) in [5.41, 5.74) is -0.424. The third-order valence-corrected chi connectivity index (χ3v) is 2.02. The van der Waals surface area contributed by atoms with Gasteiger partial charge in [-0.3, -0.25) is 4.79 Å². The third kappa shape index (κ3) is 2.83. The van der Waals surface area contributed by atoms with Crippen LogP contribution in [0.2, 0.25) is 0 Å². The van der Waals surface area contributed by atoms with E-state index < -0.39 is 11.6 Å². The van der Waals surface area contributed by atoms with Crippen molar-refractivity contribution in [2.75, 3.05) is 7.11 Å². The van der Waals surface area contributed by atoms with Gasteiger partial charge in [-0.2, -0.15) is 0 Å². The van der Waals surface area contributed by atoms with Crippen molar-refractivity contribution in [3.8, 4) is 5.75 Å². The van der Waals surface area contributed by atoms with Crippen LogP contribution < -0.4 is 5.63 Å². The first-order valence-electron chi connectivity index (χ1n) is 4.44. The number of carbonyl (C=O) groups is 1. The van der Waals surface area contributed by atoms with Crippen LogP contribution in [0.4, 0.5) is 0 Å². The fourth-order valence-corrected chi connectivity index (χ4v) is 1.04. The van der Waals surface area contributed by atoms with Crippen molar-refractivity contribution in [3.05, 3.63) is 27.8 Å². The van der Waals surface area contributed by atoms with Crippen molar-refractivity contribution < 1.29 is 19.1 Å². The maximum absolute atomic E-state index is 11.1. The van der Waals surface area contributed by atoms with Crippen LogP contribution in [0.5, 0.6) is 5.75 Å². The molecule has 0 aromatic carbocycles. The van der Waals surface area contributed by atoms with Gasteiger partial charge in [0.1, 0.15) is 11.5 Å². The van der Waals surface area contributed by atoms with E-state index >= 15 is 0 Å². The number of aryl methyl sites for hydroxylation is 1. The van der Waals surface area contributed by atoms with E-state index in [9.17, 15) is 14.7 Å². The zero-order chi connectivity index (χ0) is 11.4. The van der Waals surface area contributed by atoms with E-state index in [2.05, 4.69) is 4.74 Å². The molecule has 0 spiro atoms. The molecule has 15 heavy (non-hydrogen) atoms. The van der Waals surface area contributed by atoms with Crippen molar-refractivity contribution in [2.45, 2.75) is 19.8 Å². The molecule has 0 saturated heterocycles. The Morgan fingerprint density at radius 3 is 2.80 bits per heavy atom. The molecule has 0 aliphatic carbocycles. The first kappa shape index (κ1) is 11.3. The lowest BCUT2D eigenvalue weighted by Crippen LogP contribution is -2.07. The minimum Gasteiger partial charge on any atom is -0.507 e. The zero-order valence-electron chi connectivity index (χ0n) is 8.57. The number of esters is 1. The van der Waals surface area contributed by atoms with E-state index in [4.69, 9.17) is 4.42 Å². The molecule has 1 rings (SSSR count). The van der Waals surface area contributed by atoms with Gasteiger partial charge in [-0.25, -0.2) is 4.79 Å². The monoisotopic (exact) mass is 212 g/mol. The SMILES string of the molecule is COC(=O)CCc1cc(O)c(C)c(=O)o1. The summed E-state index contributed by atoms with van der Waals surface area (Å²) in [5, 5.41) is 9.33. The highest BCUT2D eigenvalue weighted by molar-refractivity contribution is 5.69. The fourth-order valence-electron chi connectivity index (χ4n) is 1.04. The Labute approximate surface area is 86.3 Å². The molecular weight excluding hydrogens is 200 g/mol. The van der Waals surface area contributed by atoms with Gasteiger partial charge >= 0.3 is 11.6 Å². The van der Waals surface area contributed by atoms with Gasteiger partial charge in [-0.15, -0.1) is 0 Å². The van der Waals surface area contributed by atoms with Crippen LogP contribution in [0.25, 0.3) is 0 Å². The molecule has 1 aromatic heterocycles. The summed E-state index contributed by atoms with van der Waals surface area (Å²) in [6, 6.07) is 1.33. The molecule has 82 valence electrons. The maximum Gasteiger partial charge on any atom is 0.342 e. The first-order chi connectivity index (χ1) is 7.04. The molecule has 0 unspecified atom stereocenters. The van der Waals surface area contributed by atoms with Crippen LogP contribution in [0.3, 0.4) is 0 Å². The predicted octanol–water partition coefficient (Wildman–Crippen LogP) is 0.759. The molecule has 0 saturated carbocycles. The van der Waals surface area contributed by atoms with Gasteiger partial charge in [-0.05, 0) is 6.92 Å². The largest absolute Gasteiger partial charge is 0.507 e. The van der Waals surface area contributed by atoms with Gasteiger partial charge in [0.05, 0.1) is 19.1 Å². The Morgan fingerprint density at radius 1 is 1.60 bits per heavy atom. The van der Waals surface area contributed by atoms with Crippen LogP contribution >= 0.6 is 0 Å². The number of aromatic hydroxyl groups is 1. The maximum atomic E-state index is 11.1. The minimum absolute atomic E-state index is 0.113. The molecule has 1 heterocycles. The van der Waals surface area contributed by atoms with Gasteiger partial charge in [0, 0.05) is 12.5 Å². The minimum atomic E-state index is -0.588. The molecule has 1 aromatic rings. The van der Waals surface area contributed by atoms with E-state index in [1.807, 2.05) is 0 Å². The average molecular weight is 212 g/mol. The second kappa shape index (κ2) is 4.63. The average Bonchev–Trinajstić information content (AvgIpc) is 2.22. The standard InChI is InChI=1S/C10H12O5/c1-6-8(11)5-7(15-10(6)13)3-4-9(12)14-2/h5,11H,3-4H2,1-2H3. The van der Waals surface area contributed by atoms with E-state index in [-0.39, 0.29) is 29.9 Å². The van der Waals surface area contributed by atoms with Crippen LogP contribution in [-0.2, 0) is 16.0 Å². The summed E-state index contributed by atoms with van der Waals surface area (Å²) in [7, 11) is 1.28. The molecule has 5 heteroatoms. The smallest absolute Gasteiger partial charge is 0.342 e. The third-order valence-electron chi connectivity index (χ3n) is 2.02. The van der Waals surface area contributed by atoms with Crippen molar-refractivity contribution in [1.82, 2.24) is 0 Å². The Bertz CT molecular complexity index is 418. The van der Waals surface area contributed by atoms with Gasteiger partial charge < -0.3 is 14.3 Å². The topological polar surface area (TPSA) is 76.7 Å². The number of ether oxygens (including phenoxy) is 1. The van der Waals surface area contributed by atoms with Gasteiger partial charge in [-0.1, -0.05) is 0 Å². The number of rotatable bonds is 3. The number of carbonyl (C=O) groups excluding carboxylic acids is 1. The number of hydrogen-bond donors (Lipinski definition) is 1. The molecule has 5 nitrogen and oxygen atoms in total. The lowest BCUT2D eigenvalue weighted by molar-refractivity contribution is -0.140. The van der Waals surface area contributed by atoms with Crippen molar-refractivity contribution >= 4 is 5.97 Å². The van der Waals surface area contributed by atoms with E-state index in [1.165, 1.54) is 20.1 Å². The Morgan fingerprint density at radius 2 is 2.27 bits per heavy atom. The van der Waals surface area contributed by atoms with Crippen molar-refractivity contribution in [1.29, 1.82) is 0 Å². The Kier molecular flexibility index (Phi) is 3.49. The second-order valence-electron chi connectivity index (χ2n) is 3.09. The van der Waals surface area contributed by atoms with E-state index in [0.717, 1.165) is 0 Å². The Balaban J connectivity index is 2.79. The second-order valence-corrected chi connectivity index (χ2v) is 3.09. The summed E-state index contributed by atoms with van der Waals surface area (Å²) in [4.78, 5) is 21.9. The van der Waals surface area contributed by atoms with Crippen LogP contribution in [0.1, 0.15) is 17.7 Å². The fraction of sp³-hybridized carbons (Fsp3) is 0.400. The Hall–Kier alpha value is -1.78. The van der Waals surface area contributed by atoms with Crippen molar-refractivity contribution in [3.63, 3.8) is 0 Å². The summed E-state index contributed by atoms with van der Waals surface area (Å²) < 4.78 is 9.30. The molecule has 0 amide bonds. The van der Waals surface area contributed by atoms with E-state index in [0.29, 0.717) is 0 Å². The molecule has 0 bridgehead atoms. The molecule has 0 aliphatic heterocycles. The lowest BCUT2D eigenvalue weighted by atomic mass is 10.2. The zero-order valence-corrected chi connectivity index (χ0v) is 8.57. The van der Waals surface area contributed by atoms with Crippen molar-refractivity contribution in [2.24, 2.45) is 0 Å². The molecular formula is C10H12O5. The lowest BCUT2D eigenvalue weighted by Gasteiger charge is -2.01. The summed E-state index contributed by atoms with van der Waals surface area (Å²) in [6.45, 7) is 1.46. The summed E-state index contributed by atoms with van der Waals surface area (Å²) >= 11 is 0. The van der Waals surface area contributed by atoms with Gasteiger partial charge in [0.25, 0.3) is 0 Å². The molecule has 0 aliphatic rings. The number of hydrogen-bond acceptors (Lipinski definition) is 5. The van der Waals surface area contributed by atoms with Crippen LogP contribution in [0.15, 0.2) is 15.3 Å². The highest BCUT2D eigenvalue weighted by Crippen LogP contribution is 2.14. The van der Waals surface area contributed by atoms with Crippen LogP contribution in [0, 0.1) is 6.92 Å².